The number of carbonyl (C=O) groups excluding carboxylic acids is 1. The monoisotopic (exact) mass is 282 g/mol. The van der Waals surface area contributed by atoms with Crippen molar-refractivity contribution in [3.05, 3.63) is 28.2 Å². The number of carbonyl (C=O) groups is 2. The normalized spacial score (nSPS) is 18.6. The van der Waals surface area contributed by atoms with Gasteiger partial charge in [-0.3, -0.25) is 9.59 Å². The van der Waals surface area contributed by atoms with Gasteiger partial charge >= 0.3 is 6.09 Å². The van der Waals surface area contributed by atoms with Crippen molar-refractivity contribution < 1.29 is 19.4 Å². The molecule has 0 aliphatic carbocycles. The minimum atomic E-state index is -1.01. The Morgan fingerprint density at radius 1 is 1.55 bits per heavy atom. The highest BCUT2D eigenvalue weighted by atomic mass is 16.5. The number of H-pyrrole nitrogens is 1. The van der Waals surface area contributed by atoms with E-state index >= 15 is 0 Å². The molecule has 2 amide bonds. The molecule has 0 bridgehead atoms. The lowest BCUT2D eigenvalue weighted by atomic mass is 10.2. The molecule has 0 radical (unpaired) electrons. The molecule has 2 heterocycles. The fourth-order valence-electron chi connectivity index (χ4n) is 1.78. The van der Waals surface area contributed by atoms with Crippen molar-refractivity contribution in [2.75, 3.05) is 26.2 Å². The van der Waals surface area contributed by atoms with Gasteiger partial charge in [-0.2, -0.15) is 5.10 Å². The number of aromatic amines is 1. The number of carboxylic acid groups (broad SMARTS) is 1. The standard InChI is InChI=1S/C11H14N4O5/c16-9-2-1-8(13-14-9)10(17)12-5-7-6-15(11(18)19)3-4-20-7/h1-2,7H,3-6H2,(H,12,17)(H,14,16)(H,18,19). The zero-order chi connectivity index (χ0) is 14.5. The van der Waals surface area contributed by atoms with E-state index in [9.17, 15) is 14.4 Å². The Kier molecular flexibility index (Phi) is 4.31. The third-order valence-corrected chi connectivity index (χ3v) is 2.81. The number of hydrogen-bond acceptors (Lipinski definition) is 5. The molecule has 1 aromatic heterocycles. The van der Waals surface area contributed by atoms with Crippen LogP contribution in [0, 0.1) is 0 Å². The number of nitrogens with one attached hydrogen (secondary N) is 2. The molecule has 108 valence electrons. The summed E-state index contributed by atoms with van der Waals surface area (Å²) in [5.74, 6) is -0.461. The van der Waals surface area contributed by atoms with Gasteiger partial charge in [0.2, 0.25) is 0 Å². The third-order valence-electron chi connectivity index (χ3n) is 2.81. The van der Waals surface area contributed by atoms with Crippen LogP contribution in [0.15, 0.2) is 16.9 Å². The zero-order valence-corrected chi connectivity index (χ0v) is 10.5. The summed E-state index contributed by atoms with van der Waals surface area (Å²) in [5, 5.41) is 17.2. The lowest BCUT2D eigenvalue weighted by molar-refractivity contribution is -0.0199. The SMILES string of the molecule is O=C(NCC1CN(C(=O)O)CCO1)c1ccc(=O)[nH]n1. The minimum absolute atomic E-state index is 0.0792. The second-order valence-electron chi connectivity index (χ2n) is 4.24. The summed E-state index contributed by atoms with van der Waals surface area (Å²) in [6.07, 6.45) is -1.40. The highest BCUT2D eigenvalue weighted by Crippen LogP contribution is 2.04. The minimum Gasteiger partial charge on any atom is -0.465 e. The smallest absolute Gasteiger partial charge is 0.407 e. The quantitative estimate of drug-likeness (QED) is 0.645. The maximum atomic E-state index is 11.7. The molecule has 1 aliphatic heterocycles. The van der Waals surface area contributed by atoms with E-state index in [0.717, 1.165) is 0 Å². The molecule has 9 nitrogen and oxygen atoms in total. The van der Waals surface area contributed by atoms with Gasteiger partial charge in [-0.25, -0.2) is 9.89 Å². The molecule has 1 saturated heterocycles. The fraction of sp³-hybridized carbons (Fsp3) is 0.455. The summed E-state index contributed by atoms with van der Waals surface area (Å²) < 4.78 is 5.37. The fourth-order valence-corrected chi connectivity index (χ4v) is 1.78. The summed E-state index contributed by atoms with van der Waals surface area (Å²) in [7, 11) is 0. The van der Waals surface area contributed by atoms with E-state index in [1.54, 1.807) is 0 Å². The van der Waals surface area contributed by atoms with Gasteiger partial charge in [-0.05, 0) is 6.07 Å². The Bertz CT molecular complexity index is 537. The largest absolute Gasteiger partial charge is 0.465 e. The van der Waals surface area contributed by atoms with E-state index in [-0.39, 0.29) is 18.8 Å². The van der Waals surface area contributed by atoms with E-state index in [1.807, 2.05) is 0 Å². The number of amides is 2. The predicted molar refractivity (Wildman–Crippen MR) is 66.5 cm³/mol. The van der Waals surface area contributed by atoms with Crippen LogP contribution in [0.4, 0.5) is 4.79 Å². The number of morpholine rings is 1. The molecule has 1 unspecified atom stereocenters. The number of aromatic nitrogens is 2. The van der Waals surface area contributed by atoms with Crippen molar-refractivity contribution in [3.63, 3.8) is 0 Å². The second kappa shape index (κ2) is 6.15. The summed E-state index contributed by atoms with van der Waals surface area (Å²) in [6.45, 7) is 0.989. The number of rotatable bonds is 3. The maximum Gasteiger partial charge on any atom is 0.407 e. The second-order valence-corrected chi connectivity index (χ2v) is 4.24. The van der Waals surface area contributed by atoms with Crippen molar-refractivity contribution >= 4 is 12.0 Å². The molecule has 0 spiro atoms. The third kappa shape index (κ3) is 3.54. The Balaban J connectivity index is 1.85. The van der Waals surface area contributed by atoms with Gasteiger partial charge in [0.25, 0.3) is 11.5 Å². The first kappa shape index (κ1) is 14.0. The molecule has 3 N–H and O–H groups in total. The molecule has 20 heavy (non-hydrogen) atoms. The van der Waals surface area contributed by atoms with Gasteiger partial charge in [0.15, 0.2) is 0 Å². The van der Waals surface area contributed by atoms with E-state index in [4.69, 9.17) is 9.84 Å². The number of hydrogen-bond donors (Lipinski definition) is 3. The molecule has 1 aromatic rings. The lowest BCUT2D eigenvalue weighted by Crippen LogP contribution is -2.49. The zero-order valence-electron chi connectivity index (χ0n) is 10.5. The molecular weight excluding hydrogens is 268 g/mol. The first-order valence-electron chi connectivity index (χ1n) is 5.99. The topological polar surface area (TPSA) is 125 Å². The Morgan fingerprint density at radius 2 is 2.35 bits per heavy atom. The predicted octanol–water partition coefficient (Wildman–Crippen LogP) is -1.12. The Labute approximate surface area is 113 Å². The van der Waals surface area contributed by atoms with Crippen LogP contribution in [0.3, 0.4) is 0 Å². The van der Waals surface area contributed by atoms with Crippen molar-refractivity contribution in [2.24, 2.45) is 0 Å². The van der Waals surface area contributed by atoms with Gasteiger partial charge in [-0.1, -0.05) is 0 Å². The molecule has 9 heteroatoms. The van der Waals surface area contributed by atoms with Crippen molar-refractivity contribution in [1.29, 1.82) is 0 Å². The van der Waals surface area contributed by atoms with Crippen molar-refractivity contribution in [3.8, 4) is 0 Å². The van der Waals surface area contributed by atoms with Gasteiger partial charge in [0.1, 0.15) is 5.69 Å². The Hall–Kier alpha value is -2.42. The summed E-state index contributed by atoms with van der Waals surface area (Å²) in [4.78, 5) is 34.6. The van der Waals surface area contributed by atoms with E-state index < -0.39 is 23.7 Å². The van der Waals surface area contributed by atoms with E-state index in [1.165, 1.54) is 17.0 Å². The summed E-state index contributed by atoms with van der Waals surface area (Å²) in [6, 6.07) is 2.50. The molecule has 1 aliphatic rings. The average Bonchev–Trinajstić information content (AvgIpc) is 2.46. The first-order chi connectivity index (χ1) is 9.56. The van der Waals surface area contributed by atoms with Crippen LogP contribution in [0.5, 0.6) is 0 Å². The van der Waals surface area contributed by atoms with Gasteiger partial charge in [-0.15, -0.1) is 0 Å². The van der Waals surface area contributed by atoms with Gasteiger partial charge < -0.3 is 20.1 Å². The lowest BCUT2D eigenvalue weighted by Gasteiger charge is -2.30. The maximum absolute atomic E-state index is 11.7. The van der Waals surface area contributed by atoms with Crippen LogP contribution in [0.2, 0.25) is 0 Å². The summed E-state index contributed by atoms with van der Waals surface area (Å²) in [5.41, 5.74) is -0.315. The van der Waals surface area contributed by atoms with Crippen LogP contribution in [-0.4, -0.2) is 64.5 Å². The molecule has 0 saturated carbocycles. The van der Waals surface area contributed by atoms with E-state index in [0.29, 0.717) is 13.2 Å². The highest BCUT2D eigenvalue weighted by molar-refractivity contribution is 5.91. The molecular formula is C11H14N4O5. The average molecular weight is 282 g/mol. The van der Waals surface area contributed by atoms with Crippen LogP contribution in [0.1, 0.15) is 10.5 Å². The van der Waals surface area contributed by atoms with E-state index in [2.05, 4.69) is 15.5 Å². The van der Waals surface area contributed by atoms with Gasteiger partial charge in [0.05, 0.1) is 19.3 Å². The molecule has 2 rings (SSSR count). The van der Waals surface area contributed by atoms with Gasteiger partial charge in [0, 0.05) is 19.2 Å². The summed E-state index contributed by atoms with van der Waals surface area (Å²) >= 11 is 0. The molecule has 1 atom stereocenters. The van der Waals surface area contributed by atoms with Crippen molar-refractivity contribution in [2.45, 2.75) is 6.10 Å². The van der Waals surface area contributed by atoms with Crippen molar-refractivity contribution in [1.82, 2.24) is 20.4 Å². The number of nitrogens with zero attached hydrogens (tertiary/aromatic N) is 2. The first-order valence-corrected chi connectivity index (χ1v) is 5.99. The highest BCUT2D eigenvalue weighted by Gasteiger charge is 2.24. The van der Waals surface area contributed by atoms with Crippen LogP contribution in [-0.2, 0) is 4.74 Å². The Morgan fingerprint density at radius 3 is 3.00 bits per heavy atom. The molecule has 1 fully saturated rings. The molecule has 0 aromatic carbocycles. The van der Waals surface area contributed by atoms with Crippen LogP contribution < -0.4 is 10.9 Å². The van der Waals surface area contributed by atoms with Crippen LogP contribution >= 0.6 is 0 Å². The number of ether oxygens (including phenoxy) is 1. The van der Waals surface area contributed by atoms with Crippen LogP contribution in [0.25, 0.3) is 0 Å².